The molecule has 2 rings (SSSR count). The number of hydrogen-bond donors (Lipinski definition) is 1. The van der Waals surface area contributed by atoms with Crippen LogP contribution in [0.2, 0.25) is 0 Å². The van der Waals surface area contributed by atoms with Crippen molar-refractivity contribution >= 4 is 11.3 Å². The van der Waals surface area contributed by atoms with Gasteiger partial charge in [0.25, 0.3) is 0 Å². The molecule has 2 nitrogen and oxygen atoms in total. The van der Waals surface area contributed by atoms with Crippen LogP contribution in [0, 0.1) is 5.92 Å². The number of nitrogens with two attached hydrogens (primary N) is 1. The molecule has 0 radical (unpaired) electrons. The molecule has 1 aromatic rings. The summed E-state index contributed by atoms with van der Waals surface area (Å²) in [6.07, 6.45) is 7.15. The smallest absolute Gasteiger partial charge is 0.113 e. The topological polar surface area (TPSA) is 38.9 Å². The van der Waals surface area contributed by atoms with E-state index in [1.54, 1.807) is 0 Å². The molecule has 0 atom stereocenters. The van der Waals surface area contributed by atoms with E-state index in [4.69, 9.17) is 10.7 Å². The Morgan fingerprint density at radius 2 is 1.79 bits per heavy atom. The van der Waals surface area contributed by atoms with Gasteiger partial charge in [0, 0.05) is 4.88 Å². The quantitative estimate of drug-likeness (QED) is 0.876. The molecule has 2 N–H and O–H groups in total. The molecule has 0 amide bonds. The summed E-state index contributed by atoms with van der Waals surface area (Å²) in [6, 6.07) is 0. The molecule has 0 bridgehead atoms. The van der Waals surface area contributed by atoms with Crippen molar-refractivity contribution in [2.75, 3.05) is 0 Å². The average Bonchev–Trinajstić information content (AvgIpc) is 2.74. The summed E-state index contributed by atoms with van der Waals surface area (Å²) in [6.45, 7) is 9.07. The van der Waals surface area contributed by atoms with Gasteiger partial charge in [0.1, 0.15) is 5.01 Å². The van der Waals surface area contributed by atoms with Gasteiger partial charge in [-0.05, 0) is 31.1 Å². The zero-order chi connectivity index (χ0) is 14.0. The fraction of sp³-hybridized carbons (Fsp3) is 0.812. The summed E-state index contributed by atoms with van der Waals surface area (Å²) in [5, 5.41) is 1.20. The minimum atomic E-state index is -0.137. The van der Waals surface area contributed by atoms with Crippen LogP contribution in [-0.4, -0.2) is 4.98 Å². The number of rotatable bonds is 4. The molecule has 19 heavy (non-hydrogen) atoms. The first-order chi connectivity index (χ1) is 8.92. The van der Waals surface area contributed by atoms with E-state index in [1.165, 1.54) is 34.8 Å². The molecule has 108 valence electrons. The maximum absolute atomic E-state index is 6.64. The molecule has 0 unspecified atom stereocenters. The van der Waals surface area contributed by atoms with Crippen LogP contribution in [0.5, 0.6) is 0 Å². The number of thiazole rings is 1. The van der Waals surface area contributed by atoms with Crippen LogP contribution in [0.25, 0.3) is 0 Å². The van der Waals surface area contributed by atoms with Gasteiger partial charge >= 0.3 is 0 Å². The Morgan fingerprint density at radius 1 is 1.16 bits per heavy atom. The van der Waals surface area contributed by atoms with Gasteiger partial charge in [0.15, 0.2) is 0 Å². The fourth-order valence-corrected chi connectivity index (χ4v) is 4.21. The molecular formula is C16H28N2S. The van der Waals surface area contributed by atoms with E-state index in [1.807, 2.05) is 11.3 Å². The van der Waals surface area contributed by atoms with Gasteiger partial charge in [-0.25, -0.2) is 4.98 Å². The molecule has 0 spiro atoms. The standard InChI is InChI=1S/C16H28N2S/c1-11(2)10-13-14(12(3)4)19-15(18-13)16(17)8-6-5-7-9-16/h11-12H,5-10,17H2,1-4H3. The number of aromatic nitrogens is 1. The van der Waals surface area contributed by atoms with E-state index in [2.05, 4.69) is 27.7 Å². The average molecular weight is 280 g/mol. The van der Waals surface area contributed by atoms with Crippen molar-refractivity contribution < 1.29 is 0 Å². The third kappa shape index (κ3) is 3.38. The van der Waals surface area contributed by atoms with Gasteiger partial charge in [0.2, 0.25) is 0 Å². The Kier molecular flexibility index (Phi) is 4.67. The van der Waals surface area contributed by atoms with Crippen molar-refractivity contribution in [2.24, 2.45) is 11.7 Å². The highest BCUT2D eigenvalue weighted by Gasteiger charge is 2.33. The maximum atomic E-state index is 6.64. The van der Waals surface area contributed by atoms with Crippen LogP contribution in [0.15, 0.2) is 0 Å². The van der Waals surface area contributed by atoms with Gasteiger partial charge in [-0.1, -0.05) is 47.0 Å². The Hall–Kier alpha value is -0.410. The molecule has 0 aliphatic heterocycles. The first kappa shape index (κ1) is 15.0. The summed E-state index contributed by atoms with van der Waals surface area (Å²) in [7, 11) is 0. The summed E-state index contributed by atoms with van der Waals surface area (Å²) in [4.78, 5) is 6.42. The summed E-state index contributed by atoms with van der Waals surface area (Å²) in [5.74, 6) is 1.22. The van der Waals surface area contributed by atoms with Crippen LogP contribution < -0.4 is 5.73 Å². The van der Waals surface area contributed by atoms with Crippen molar-refractivity contribution in [3.63, 3.8) is 0 Å². The summed E-state index contributed by atoms with van der Waals surface area (Å²) in [5.41, 5.74) is 7.81. The molecule has 0 aromatic carbocycles. The first-order valence-electron chi connectivity index (χ1n) is 7.71. The van der Waals surface area contributed by atoms with Gasteiger partial charge in [-0.15, -0.1) is 11.3 Å². The van der Waals surface area contributed by atoms with Crippen molar-refractivity contribution in [1.29, 1.82) is 0 Å². The predicted octanol–water partition coefficient (Wildman–Crippen LogP) is 4.58. The minimum absolute atomic E-state index is 0.137. The molecule has 1 heterocycles. The second kappa shape index (κ2) is 5.92. The van der Waals surface area contributed by atoms with E-state index in [0.717, 1.165) is 19.3 Å². The van der Waals surface area contributed by atoms with Crippen LogP contribution in [-0.2, 0) is 12.0 Å². The lowest BCUT2D eigenvalue weighted by molar-refractivity contribution is 0.301. The Morgan fingerprint density at radius 3 is 2.32 bits per heavy atom. The Balaban J connectivity index is 2.31. The number of nitrogens with zero attached hydrogens (tertiary/aromatic N) is 1. The van der Waals surface area contributed by atoms with Gasteiger partial charge in [-0.3, -0.25) is 0 Å². The second-order valence-corrected chi connectivity index (χ2v) is 7.83. The molecule has 1 fully saturated rings. The van der Waals surface area contributed by atoms with Crippen LogP contribution in [0.4, 0.5) is 0 Å². The Bertz CT molecular complexity index is 414. The van der Waals surface area contributed by atoms with Gasteiger partial charge in [-0.2, -0.15) is 0 Å². The fourth-order valence-electron chi connectivity index (χ4n) is 2.96. The summed E-state index contributed by atoms with van der Waals surface area (Å²) < 4.78 is 0. The predicted molar refractivity (Wildman–Crippen MR) is 83.7 cm³/mol. The lowest BCUT2D eigenvalue weighted by Gasteiger charge is -2.31. The molecule has 1 aliphatic rings. The third-order valence-corrected chi connectivity index (χ3v) is 5.64. The zero-order valence-corrected chi connectivity index (χ0v) is 13.6. The molecule has 0 saturated heterocycles. The lowest BCUT2D eigenvalue weighted by atomic mass is 9.83. The van der Waals surface area contributed by atoms with Crippen LogP contribution in [0.1, 0.15) is 81.3 Å². The van der Waals surface area contributed by atoms with Crippen molar-refractivity contribution in [1.82, 2.24) is 4.98 Å². The van der Waals surface area contributed by atoms with Crippen LogP contribution in [0.3, 0.4) is 0 Å². The summed E-state index contributed by atoms with van der Waals surface area (Å²) >= 11 is 1.88. The van der Waals surface area contributed by atoms with Crippen LogP contribution >= 0.6 is 11.3 Å². The van der Waals surface area contributed by atoms with E-state index in [0.29, 0.717) is 11.8 Å². The number of hydrogen-bond acceptors (Lipinski definition) is 3. The SMILES string of the molecule is CC(C)Cc1nc(C2(N)CCCCC2)sc1C(C)C. The highest BCUT2D eigenvalue weighted by atomic mass is 32.1. The zero-order valence-electron chi connectivity index (χ0n) is 12.8. The van der Waals surface area contributed by atoms with Gasteiger partial charge < -0.3 is 5.73 Å². The molecule has 1 saturated carbocycles. The molecular weight excluding hydrogens is 252 g/mol. The van der Waals surface area contributed by atoms with Crippen molar-refractivity contribution in [2.45, 2.75) is 77.7 Å². The maximum Gasteiger partial charge on any atom is 0.113 e. The molecule has 1 aromatic heterocycles. The normalized spacial score (nSPS) is 19.3. The minimum Gasteiger partial charge on any atom is -0.319 e. The van der Waals surface area contributed by atoms with E-state index in [9.17, 15) is 0 Å². The van der Waals surface area contributed by atoms with Crippen molar-refractivity contribution in [3.05, 3.63) is 15.6 Å². The van der Waals surface area contributed by atoms with Crippen molar-refractivity contribution in [3.8, 4) is 0 Å². The van der Waals surface area contributed by atoms with E-state index in [-0.39, 0.29) is 5.54 Å². The Labute approximate surface area is 121 Å². The third-order valence-electron chi connectivity index (χ3n) is 4.03. The molecule has 3 heteroatoms. The largest absolute Gasteiger partial charge is 0.319 e. The lowest BCUT2D eigenvalue weighted by Crippen LogP contribution is -2.38. The second-order valence-electron chi connectivity index (χ2n) is 6.80. The van der Waals surface area contributed by atoms with E-state index >= 15 is 0 Å². The highest BCUT2D eigenvalue weighted by Crippen LogP contribution is 2.39. The monoisotopic (exact) mass is 280 g/mol. The molecule has 1 aliphatic carbocycles. The first-order valence-corrected chi connectivity index (χ1v) is 8.53. The van der Waals surface area contributed by atoms with Gasteiger partial charge in [0.05, 0.1) is 11.2 Å². The highest BCUT2D eigenvalue weighted by molar-refractivity contribution is 7.12. The van der Waals surface area contributed by atoms with E-state index < -0.39 is 0 Å².